The van der Waals surface area contributed by atoms with Gasteiger partial charge in [0.05, 0.1) is 0 Å². The van der Waals surface area contributed by atoms with Crippen molar-refractivity contribution in [1.82, 2.24) is 4.98 Å². The van der Waals surface area contributed by atoms with Crippen LogP contribution in [0.2, 0.25) is 0 Å². The van der Waals surface area contributed by atoms with Crippen molar-refractivity contribution in [2.45, 2.75) is 31.6 Å². The predicted molar refractivity (Wildman–Crippen MR) is 67.5 cm³/mol. The van der Waals surface area contributed by atoms with Crippen molar-refractivity contribution in [3.05, 3.63) is 22.8 Å². The molecule has 3 nitrogen and oxygen atoms in total. The highest BCUT2D eigenvalue weighted by molar-refractivity contribution is 9.10. The summed E-state index contributed by atoms with van der Waals surface area (Å²) in [6.07, 6.45) is 0.0354. The summed E-state index contributed by atoms with van der Waals surface area (Å²) in [5, 5.41) is 2.65. The van der Waals surface area contributed by atoms with Gasteiger partial charge in [-0.1, -0.05) is 6.07 Å². The Bertz CT molecular complexity index is 443. The first-order valence-electron chi connectivity index (χ1n) is 5.77. The van der Waals surface area contributed by atoms with Crippen molar-refractivity contribution in [1.29, 1.82) is 0 Å². The molecule has 0 atom stereocenters. The van der Waals surface area contributed by atoms with E-state index in [-0.39, 0.29) is 37.5 Å². The van der Waals surface area contributed by atoms with E-state index < -0.39 is 5.92 Å². The summed E-state index contributed by atoms with van der Waals surface area (Å²) < 4.78 is 26.6. The Hall–Kier alpha value is -1.04. The number of halogens is 3. The van der Waals surface area contributed by atoms with E-state index in [1.54, 1.807) is 18.2 Å². The van der Waals surface area contributed by atoms with Crippen molar-refractivity contribution >= 4 is 27.7 Å². The van der Waals surface area contributed by atoms with E-state index in [1.807, 2.05) is 0 Å². The van der Waals surface area contributed by atoms with E-state index in [4.69, 9.17) is 0 Å². The molecule has 0 radical (unpaired) electrons. The highest BCUT2D eigenvalue weighted by Gasteiger charge is 2.37. The summed E-state index contributed by atoms with van der Waals surface area (Å²) in [6, 6.07) is 5.17. The van der Waals surface area contributed by atoms with Crippen LogP contribution in [-0.2, 0) is 4.79 Å². The van der Waals surface area contributed by atoms with Crippen LogP contribution in [0.5, 0.6) is 0 Å². The zero-order valence-electron chi connectivity index (χ0n) is 9.63. The summed E-state index contributed by atoms with van der Waals surface area (Å²) in [7, 11) is 0. The largest absolute Gasteiger partial charge is 0.310 e. The summed E-state index contributed by atoms with van der Waals surface area (Å²) in [5.74, 6) is -2.74. The zero-order chi connectivity index (χ0) is 13.2. The maximum Gasteiger partial charge on any atom is 0.248 e. The molecule has 1 N–H and O–H groups in total. The molecule has 6 heteroatoms. The van der Waals surface area contributed by atoms with Crippen molar-refractivity contribution < 1.29 is 13.6 Å². The van der Waals surface area contributed by atoms with Gasteiger partial charge >= 0.3 is 0 Å². The SMILES string of the molecule is O=C(Nc1cccc(Br)n1)C1CCC(F)(F)CC1. The van der Waals surface area contributed by atoms with Crippen molar-refractivity contribution in [2.24, 2.45) is 5.92 Å². The van der Waals surface area contributed by atoms with E-state index in [1.165, 1.54) is 0 Å². The van der Waals surface area contributed by atoms with Gasteiger partial charge in [-0.15, -0.1) is 0 Å². The number of amides is 1. The molecule has 1 amide bonds. The Kier molecular flexibility index (Phi) is 3.94. The lowest BCUT2D eigenvalue weighted by Gasteiger charge is -2.27. The third-order valence-electron chi connectivity index (χ3n) is 3.05. The van der Waals surface area contributed by atoms with E-state index in [2.05, 4.69) is 26.2 Å². The number of hydrogen-bond acceptors (Lipinski definition) is 2. The molecule has 1 aliphatic carbocycles. The minimum absolute atomic E-state index is 0.211. The molecule has 0 unspecified atom stereocenters. The van der Waals surface area contributed by atoms with Crippen LogP contribution in [0.4, 0.5) is 14.6 Å². The highest BCUT2D eigenvalue weighted by Crippen LogP contribution is 2.36. The maximum atomic E-state index is 13.0. The molecule has 0 spiro atoms. The summed E-state index contributed by atoms with van der Waals surface area (Å²) in [4.78, 5) is 16.0. The van der Waals surface area contributed by atoms with Crippen LogP contribution in [0.3, 0.4) is 0 Å². The van der Waals surface area contributed by atoms with Gasteiger partial charge in [0, 0.05) is 18.8 Å². The number of nitrogens with zero attached hydrogens (tertiary/aromatic N) is 1. The van der Waals surface area contributed by atoms with E-state index in [9.17, 15) is 13.6 Å². The van der Waals surface area contributed by atoms with Gasteiger partial charge < -0.3 is 5.32 Å². The monoisotopic (exact) mass is 318 g/mol. The van der Waals surface area contributed by atoms with Gasteiger partial charge in [0.2, 0.25) is 11.8 Å². The van der Waals surface area contributed by atoms with Crippen LogP contribution >= 0.6 is 15.9 Å². The molecule has 1 aliphatic rings. The second-order valence-electron chi connectivity index (χ2n) is 4.47. The second-order valence-corrected chi connectivity index (χ2v) is 5.28. The lowest BCUT2D eigenvalue weighted by atomic mass is 9.86. The molecule has 1 heterocycles. The Morgan fingerprint density at radius 2 is 2.06 bits per heavy atom. The number of carbonyl (C=O) groups is 1. The first-order chi connectivity index (χ1) is 8.46. The molecule has 98 valence electrons. The quantitative estimate of drug-likeness (QED) is 0.846. The summed E-state index contributed by atoms with van der Waals surface area (Å²) >= 11 is 3.20. The fourth-order valence-electron chi connectivity index (χ4n) is 2.01. The third-order valence-corrected chi connectivity index (χ3v) is 3.50. The molecule has 1 aromatic rings. The number of nitrogens with one attached hydrogen (secondary N) is 1. The van der Waals surface area contributed by atoms with Crippen LogP contribution in [-0.4, -0.2) is 16.8 Å². The van der Waals surface area contributed by atoms with Crippen LogP contribution in [0.25, 0.3) is 0 Å². The molecule has 0 bridgehead atoms. The summed E-state index contributed by atoms with van der Waals surface area (Å²) in [6.45, 7) is 0. The average Bonchev–Trinajstić information content (AvgIpc) is 2.28. The minimum Gasteiger partial charge on any atom is -0.310 e. The predicted octanol–water partition coefficient (Wildman–Crippen LogP) is 3.61. The molecule has 0 saturated heterocycles. The number of carbonyl (C=O) groups excluding carboxylic acids is 1. The number of rotatable bonds is 2. The van der Waals surface area contributed by atoms with Crippen molar-refractivity contribution in [2.75, 3.05) is 5.32 Å². The normalized spacial score (nSPS) is 19.5. The lowest BCUT2D eigenvalue weighted by molar-refractivity contribution is -0.124. The number of pyridine rings is 1. The fraction of sp³-hybridized carbons (Fsp3) is 0.500. The first kappa shape index (κ1) is 13.4. The Balaban J connectivity index is 1.93. The van der Waals surface area contributed by atoms with Crippen LogP contribution in [0.15, 0.2) is 22.8 Å². The number of anilines is 1. The number of hydrogen-bond donors (Lipinski definition) is 1. The van der Waals surface area contributed by atoms with Crippen LogP contribution in [0, 0.1) is 5.92 Å². The zero-order valence-corrected chi connectivity index (χ0v) is 11.2. The second kappa shape index (κ2) is 5.30. The third kappa shape index (κ3) is 3.48. The van der Waals surface area contributed by atoms with Gasteiger partial charge in [0.15, 0.2) is 0 Å². The van der Waals surface area contributed by atoms with Crippen molar-refractivity contribution in [3.63, 3.8) is 0 Å². The molecule has 1 fully saturated rings. The first-order valence-corrected chi connectivity index (χ1v) is 6.57. The molecule has 1 saturated carbocycles. The molecule has 18 heavy (non-hydrogen) atoms. The van der Waals surface area contributed by atoms with Gasteiger partial charge in [0.25, 0.3) is 0 Å². The number of alkyl halides is 2. The molecular weight excluding hydrogens is 306 g/mol. The molecule has 2 rings (SSSR count). The van der Waals surface area contributed by atoms with Crippen LogP contribution < -0.4 is 5.32 Å². The van der Waals surface area contributed by atoms with Gasteiger partial charge in [0.1, 0.15) is 10.4 Å². The van der Waals surface area contributed by atoms with Gasteiger partial charge in [-0.3, -0.25) is 4.79 Å². The van der Waals surface area contributed by atoms with Gasteiger partial charge in [-0.2, -0.15) is 0 Å². The average molecular weight is 319 g/mol. The van der Waals surface area contributed by atoms with E-state index in [0.29, 0.717) is 10.4 Å². The standard InChI is InChI=1S/C12H13BrF2N2O/c13-9-2-1-3-10(16-9)17-11(18)8-4-6-12(14,15)7-5-8/h1-3,8H,4-7H2,(H,16,17,18). The molecule has 0 aromatic carbocycles. The highest BCUT2D eigenvalue weighted by atomic mass is 79.9. The fourth-order valence-corrected chi connectivity index (χ4v) is 2.35. The number of aromatic nitrogens is 1. The smallest absolute Gasteiger partial charge is 0.248 e. The van der Waals surface area contributed by atoms with Crippen molar-refractivity contribution in [3.8, 4) is 0 Å². The minimum atomic E-state index is -2.61. The van der Waals surface area contributed by atoms with E-state index in [0.717, 1.165) is 0 Å². The van der Waals surface area contributed by atoms with Gasteiger partial charge in [-0.25, -0.2) is 13.8 Å². The Morgan fingerprint density at radius 1 is 1.39 bits per heavy atom. The summed E-state index contributed by atoms with van der Waals surface area (Å²) in [5.41, 5.74) is 0. The Morgan fingerprint density at radius 3 is 2.67 bits per heavy atom. The molecule has 0 aliphatic heterocycles. The Labute approximate surface area is 112 Å². The lowest BCUT2D eigenvalue weighted by Crippen LogP contribution is -2.32. The molecular formula is C12H13BrF2N2O. The maximum absolute atomic E-state index is 13.0. The van der Waals surface area contributed by atoms with E-state index >= 15 is 0 Å². The molecule has 1 aromatic heterocycles. The van der Waals surface area contributed by atoms with Gasteiger partial charge in [-0.05, 0) is 40.9 Å². The topological polar surface area (TPSA) is 42.0 Å². The van der Waals surface area contributed by atoms with Crippen LogP contribution in [0.1, 0.15) is 25.7 Å².